The predicted octanol–water partition coefficient (Wildman–Crippen LogP) is 6.10. The molecule has 1 saturated carbocycles. The van der Waals surface area contributed by atoms with Gasteiger partial charge in [0, 0.05) is 43.4 Å². The second-order valence-electron chi connectivity index (χ2n) is 10.1. The Morgan fingerprint density at radius 3 is 2.54 bits per heavy atom. The van der Waals surface area contributed by atoms with Gasteiger partial charge in [0.25, 0.3) is 0 Å². The minimum atomic E-state index is -4.48. The molecule has 1 fully saturated rings. The summed E-state index contributed by atoms with van der Waals surface area (Å²) in [6.45, 7) is 6.01. The standard InChI is InChI=1S/C28H30F3N7O/c1-4-36-15-22(28(29,30)31)34-26(36)20-10-6-18(7-11-20)17(2)37-12-5-13-38-23(37)14-21(35-38)24-25(19-8-9-19)32-16-33-27(24)39-3/h6-7,10-11,14-17,19H,4-5,8-9,12-13H2,1-3H3. The van der Waals surface area contributed by atoms with Gasteiger partial charge in [0.05, 0.1) is 24.4 Å². The first kappa shape index (κ1) is 25.4. The smallest absolute Gasteiger partial charge is 0.434 e. The molecule has 0 saturated heterocycles. The Hall–Kier alpha value is -3.89. The second kappa shape index (κ2) is 9.69. The fourth-order valence-electron chi connectivity index (χ4n) is 5.38. The van der Waals surface area contributed by atoms with Crippen LogP contribution in [0.3, 0.4) is 0 Å². The molecule has 0 N–H and O–H groups in total. The number of methoxy groups -OCH3 is 1. The maximum Gasteiger partial charge on any atom is 0.434 e. The molecule has 4 heterocycles. The molecule has 204 valence electrons. The van der Waals surface area contributed by atoms with Gasteiger partial charge in [-0.25, -0.2) is 19.6 Å². The summed E-state index contributed by atoms with van der Waals surface area (Å²) in [5.74, 6) is 2.28. The Balaban J connectivity index is 1.30. The molecule has 1 aliphatic heterocycles. The first-order valence-corrected chi connectivity index (χ1v) is 13.3. The SMILES string of the molecule is CCn1cc(C(F)(F)F)nc1-c1ccc(C(C)N2CCCn3nc(-c4c(OC)ncnc4C4CC4)cc32)cc1. The average molecular weight is 538 g/mol. The molecule has 1 atom stereocenters. The number of hydrogen-bond donors (Lipinski definition) is 0. The lowest BCUT2D eigenvalue weighted by atomic mass is 10.0. The number of imidazole rings is 1. The van der Waals surface area contributed by atoms with Crippen molar-refractivity contribution in [2.45, 2.75) is 64.3 Å². The van der Waals surface area contributed by atoms with Gasteiger partial charge in [0.2, 0.25) is 5.88 Å². The molecule has 0 amide bonds. The third-order valence-electron chi connectivity index (χ3n) is 7.60. The van der Waals surface area contributed by atoms with Gasteiger partial charge in [-0.2, -0.15) is 18.3 Å². The largest absolute Gasteiger partial charge is 0.480 e. The zero-order valence-electron chi connectivity index (χ0n) is 22.1. The normalized spacial score (nSPS) is 16.3. The summed E-state index contributed by atoms with van der Waals surface area (Å²) in [7, 11) is 1.62. The van der Waals surface area contributed by atoms with Crippen LogP contribution in [0.15, 0.2) is 42.9 Å². The van der Waals surface area contributed by atoms with Gasteiger partial charge >= 0.3 is 6.18 Å². The molecular weight excluding hydrogens is 507 g/mol. The van der Waals surface area contributed by atoms with E-state index in [4.69, 9.17) is 9.84 Å². The predicted molar refractivity (Wildman–Crippen MR) is 140 cm³/mol. The number of hydrogen-bond acceptors (Lipinski definition) is 6. The lowest BCUT2D eigenvalue weighted by Gasteiger charge is -2.35. The van der Waals surface area contributed by atoms with Gasteiger partial charge < -0.3 is 14.2 Å². The number of ether oxygens (including phenoxy) is 1. The molecule has 4 aromatic rings. The van der Waals surface area contributed by atoms with Crippen molar-refractivity contribution >= 4 is 5.82 Å². The molecular formula is C28H30F3N7O. The lowest BCUT2D eigenvalue weighted by Crippen LogP contribution is -2.34. The van der Waals surface area contributed by atoms with E-state index in [0.29, 0.717) is 29.7 Å². The van der Waals surface area contributed by atoms with Gasteiger partial charge in [-0.05, 0) is 38.7 Å². The summed E-state index contributed by atoms with van der Waals surface area (Å²) in [5.41, 5.74) is 3.50. The van der Waals surface area contributed by atoms with E-state index in [1.807, 2.05) is 28.9 Å². The van der Waals surface area contributed by atoms with Crippen LogP contribution < -0.4 is 9.64 Å². The molecule has 8 nitrogen and oxygen atoms in total. The fourth-order valence-corrected chi connectivity index (χ4v) is 5.38. The van der Waals surface area contributed by atoms with E-state index >= 15 is 0 Å². The van der Waals surface area contributed by atoms with E-state index in [9.17, 15) is 13.2 Å². The summed E-state index contributed by atoms with van der Waals surface area (Å²) in [6, 6.07) is 9.75. The van der Waals surface area contributed by atoms with Crippen molar-refractivity contribution in [1.29, 1.82) is 0 Å². The van der Waals surface area contributed by atoms with Crippen LogP contribution in [-0.2, 0) is 19.3 Å². The highest BCUT2D eigenvalue weighted by Crippen LogP contribution is 2.46. The Labute approximate surface area is 224 Å². The van der Waals surface area contributed by atoms with Crippen molar-refractivity contribution in [2.24, 2.45) is 0 Å². The van der Waals surface area contributed by atoms with Crippen molar-refractivity contribution in [3.05, 3.63) is 59.8 Å². The van der Waals surface area contributed by atoms with Crippen LogP contribution in [0.2, 0.25) is 0 Å². The van der Waals surface area contributed by atoms with Gasteiger partial charge in [-0.1, -0.05) is 24.3 Å². The summed E-state index contributed by atoms with van der Waals surface area (Å²) in [4.78, 5) is 15.1. The van der Waals surface area contributed by atoms with Crippen LogP contribution in [0.4, 0.5) is 19.0 Å². The Morgan fingerprint density at radius 2 is 1.87 bits per heavy atom. The third-order valence-corrected chi connectivity index (χ3v) is 7.60. The maximum absolute atomic E-state index is 13.2. The molecule has 3 aromatic heterocycles. The second-order valence-corrected chi connectivity index (χ2v) is 10.1. The van der Waals surface area contributed by atoms with E-state index < -0.39 is 11.9 Å². The van der Waals surface area contributed by atoms with Crippen molar-refractivity contribution in [1.82, 2.24) is 29.3 Å². The van der Waals surface area contributed by atoms with Crippen molar-refractivity contribution in [3.8, 4) is 28.5 Å². The summed E-state index contributed by atoms with van der Waals surface area (Å²) in [5, 5.41) is 4.93. The Bertz CT molecular complexity index is 1490. The fraction of sp³-hybridized carbons (Fsp3) is 0.429. The topological polar surface area (TPSA) is 73.9 Å². The number of aryl methyl sites for hydroxylation is 2. The highest BCUT2D eigenvalue weighted by Gasteiger charge is 2.35. The monoisotopic (exact) mass is 537 g/mol. The average Bonchev–Trinajstić information content (AvgIpc) is 3.53. The van der Waals surface area contributed by atoms with Gasteiger partial charge in [0.15, 0.2) is 5.69 Å². The van der Waals surface area contributed by atoms with Gasteiger partial charge in [-0.15, -0.1) is 0 Å². The summed E-state index contributed by atoms with van der Waals surface area (Å²) in [6.07, 6.45) is 1.31. The van der Waals surface area contributed by atoms with Crippen molar-refractivity contribution < 1.29 is 17.9 Å². The highest BCUT2D eigenvalue weighted by molar-refractivity contribution is 5.72. The zero-order chi connectivity index (χ0) is 27.3. The maximum atomic E-state index is 13.2. The van der Waals surface area contributed by atoms with E-state index in [-0.39, 0.29) is 6.04 Å². The first-order valence-electron chi connectivity index (χ1n) is 13.3. The molecule has 39 heavy (non-hydrogen) atoms. The van der Waals surface area contributed by atoms with E-state index in [0.717, 1.165) is 66.9 Å². The van der Waals surface area contributed by atoms with E-state index in [1.165, 1.54) is 4.57 Å². The van der Waals surface area contributed by atoms with Crippen LogP contribution in [0.1, 0.15) is 62.0 Å². The zero-order valence-corrected chi connectivity index (χ0v) is 22.1. The minimum absolute atomic E-state index is 0.0242. The molecule has 1 aliphatic carbocycles. The first-order chi connectivity index (χ1) is 18.8. The Morgan fingerprint density at radius 1 is 1.10 bits per heavy atom. The summed E-state index contributed by atoms with van der Waals surface area (Å²) >= 11 is 0. The van der Waals surface area contributed by atoms with Crippen LogP contribution in [-0.4, -0.2) is 43.0 Å². The lowest BCUT2D eigenvalue weighted by molar-refractivity contribution is -0.140. The number of rotatable bonds is 7. The highest BCUT2D eigenvalue weighted by atomic mass is 19.4. The third kappa shape index (κ3) is 4.63. The quantitative estimate of drug-likeness (QED) is 0.284. The van der Waals surface area contributed by atoms with Crippen LogP contribution >= 0.6 is 0 Å². The summed E-state index contributed by atoms with van der Waals surface area (Å²) < 4.78 is 48.9. The molecule has 1 unspecified atom stereocenters. The molecule has 0 bridgehead atoms. The molecule has 1 aromatic carbocycles. The molecule has 11 heteroatoms. The Kier molecular flexibility index (Phi) is 6.31. The molecule has 0 radical (unpaired) electrons. The molecule has 6 rings (SSSR count). The molecule has 2 aliphatic rings. The van der Waals surface area contributed by atoms with Crippen LogP contribution in [0.5, 0.6) is 5.88 Å². The molecule has 0 spiro atoms. The number of nitrogens with zero attached hydrogens (tertiary/aromatic N) is 7. The number of fused-ring (bicyclic) bond motifs is 1. The number of alkyl halides is 3. The van der Waals surface area contributed by atoms with Gasteiger partial charge in [-0.3, -0.25) is 0 Å². The van der Waals surface area contributed by atoms with Crippen molar-refractivity contribution in [2.75, 3.05) is 18.6 Å². The van der Waals surface area contributed by atoms with Crippen LogP contribution in [0, 0.1) is 0 Å². The number of aromatic nitrogens is 6. The number of benzene rings is 1. The number of anilines is 1. The van der Waals surface area contributed by atoms with Crippen molar-refractivity contribution in [3.63, 3.8) is 0 Å². The van der Waals surface area contributed by atoms with E-state index in [1.54, 1.807) is 20.4 Å². The number of halogens is 3. The van der Waals surface area contributed by atoms with E-state index in [2.05, 4.69) is 32.8 Å². The van der Waals surface area contributed by atoms with Gasteiger partial charge in [0.1, 0.15) is 23.7 Å². The minimum Gasteiger partial charge on any atom is -0.480 e. The van der Waals surface area contributed by atoms with Crippen LogP contribution in [0.25, 0.3) is 22.6 Å².